The minimum atomic E-state index is -0.448. The van der Waals surface area contributed by atoms with E-state index in [4.69, 9.17) is 4.74 Å². The van der Waals surface area contributed by atoms with Crippen molar-refractivity contribution in [2.45, 2.75) is 45.8 Å². The van der Waals surface area contributed by atoms with Gasteiger partial charge in [0, 0.05) is 20.0 Å². The van der Waals surface area contributed by atoms with Crippen LogP contribution in [0.2, 0.25) is 0 Å². The number of aryl methyl sites for hydroxylation is 1. The van der Waals surface area contributed by atoms with Crippen molar-refractivity contribution in [3.05, 3.63) is 12.2 Å². The fourth-order valence-electron chi connectivity index (χ4n) is 1.41. The van der Waals surface area contributed by atoms with Gasteiger partial charge in [-0.3, -0.25) is 4.79 Å². The molecule has 0 spiro atoms. The topological polar surface area (TPSA) is 69.0 Å². The molecule has 1 aromatic heterocycles. The second kappa shape index (κ2) is 5.95. The lowest BCUT2D eigenvalue weighted by molar-refractivity contribution is -0.156. The Bertz CT molecular complexity index is 395. The number of carbonyl (C=O) groups excluding carboxylic acids is 1. The average molecular weight is 254 g/mol. The standard InChI is InChI=1S/C12H22N4O2/c1-9(11(17)18-12(2,3)4)13-7-6-10-15-14-8-16(10)5/h8-9,13H,6-7H2,1-5H3. The van der Waals surface area contributed by atoms with Gasteiger partial charge in [0.05, 0.1) is 0 Å². The van der Waals surface area contributed by atoms with Crippen LogP contribution >= 0.6 is 0 Å². The van der Waals surface area contributed by atoms with Crippen molar-refractivity contribution in [3.63, 3.8) is 0 Å². The summed E-state index contributed by atoms with van der Waals surface area (Å²) in [6.07, 6.45) is 2.39. The summed E-state index contributed by atoms with van der Waals surface area (Å²) in [5.41, 5.74) is -0.448. The zero-order chi connectivity index (χ0) is 13.8. The van der Waals surface area contributed by atoms with E-state index in [9.17, 15) is 4.79 Å². The number of nitrogens with zero attached hydrogens (tertiary/aromatic N) is 3. The van der Waals surface area contributed by atoms with Gasteiger partial charge < -0.3 is 14.6 Å². The lowest BCUT2D eigenvalue weighted by atomic mass is 10.2. The highest BCUT2D eigenvalue weighted by atomic mass is 16.6. The highest BCUT2D eigenvalue weighted by molar-refractivity contribution is 5.75. The molecule has 1 N–H and O–H groups in total. The van der Waals surface area contributed by atoms with Crippen LogP contribution < -0.4 is 5.32 Å². The van der Waals surface area contributed by atoms with E-state index in [0.717, 1.165) is 12.2 Å². The van der Waals surface area contributed by atoms with Crippen molar-refractivity contribution >= 4 is 5.97 Å². The largest absolute Gasteiger partial charge is 0.459 e. The number of rotatable bonds is 5. The third-order valence-corrected chi connectivity index (χ3v) is 2.36. The Balaban J connectivity index is 2.31. The smallest absolute Gasteiger partial charge is 0.323 e. The maximum Gasteiger partial charge on any atom is 0.323 e. The Kier molecular flexibility index (Phi) is 4.84. The molecule has 0 saturated carbocycles. The van der Waals surface area contributed by atoms with Gasteiger partial charge in [0.15, 0.2) is 0 Å². The van der Waals surface area contributed by atoms with E-state index in [1.807, 2.05) is 32.4 Å². The number of hydrogen-bond acceptors (Lipinski definition) is 5. The van der Waals surface area contributed by atoms with Crippen LogP contribution in [0, 0.1) is 0 Å². The van der Waals surface area contributed by atoms with Crippen molar-refractivity contribution < 1.29 is 9.53 Å². The molecule has 0 radical (unpaired) electrons. The number of carbonyl (C=O) groups is 1. The SMILES string of the molecule is CC(NCCc1nncn1C)C(=O)OC(C)(C)C. The quantitative estimate of drug-likeness (QED) is 0.782. The van der Waals surface area contributed by atoms with E-state index in [-0.39, 0.29) is 12.0 Å². The normalized spacial score (nSPS) is 13.4. The Morgan fingerprint density at radius 3 is 2.72 bits per heavy atom. The van der Waals surface area contributed by atoms with Gasteiger partial charge in [-0.2, -0.15) is 0 Å². The molecule has 0 aliphatic rings. The van der Waals surface area contributed by atoms with Crippen LogP contribution in [0.5, 0.6) is 0 Å². The highest BCUT2D eigenvalue weighted by Gasteiger charge is 2.21. The summed E-state index contributed by atoms with van der Waals surface area (Å²) in [4.78, 5) is 11.7. The third kappa shape index (κ3) is 4.83. The fourth-order valence-corrected chi connectivity index (χ4v) is 1.41. The first-order valence-corrected chi connectivity index (χ1v) is 6.09. The predicted molar refractivity (Wildman–Crippen MR) is 68.0 cm³/mol. The second-order valence-corrected chi connectivity index (χ2v) is 5.32. The van der Waals surface area contributed by atoms with Crippen LogP contribution in [-0.4, -0.2) is 38.9 Å². The average Bonchev–Trinajstić information content (AvgIpc) is 2.62. The highest BCUT2D eigenvalue weighted by Crippen LogP contribution is 2.08. The number of ether oxygens (including phenoxy) is 1. The van der Waals surface area contributed by atoms with Gasteiger partial charge in [0.2, 0.25) is 0 Å². The van der Waals surface area contributed by atoms with Crippen LogP contribution in [0.4, 0.5) is 0 Å². The van der Waals surface area contributed by atoms with Crippen molar-refractivity contribution in [1.29, 1.82) is 0 Å². The first kappa shape index (κ1) is 14.6. The van der Waals surface area contributed by atoms with Crippen molar-refractivity contribution in [1.82, 2.24) is 20.1 Å². The van der Waals surface area contributed by atoms with Gasteiger partial charge in [0.25, 0.3) is 0 Å². The Hall–Kier alpha value is -1.43. The molecule has 102 valence electrons. The molecule has 1 rings (SSSR count). The summed E-state index contributed by atoms with van der Waals surface area (Å²) in [5, 5.41) is 10.9. The van der Waals surface area contributed by atoms with Gasteiger partial charge in [-0.05, 0) is 27.7 Å². The van der Waals surface area contributed by atoms with E-state index >= 15 is 0 Å². The monoisotopic (exact) mass is 254 g/mol. The van der Waals surface area contributed by atoms with Crippen LogP contribution in [0.15, 0.2) is 6.33 Å². The minimum Gasteiger partial charge on any atom is -0.459 e. The van der Waals surface area contributed by atoms with Gasteiger partial charge in [-0.25, -0.2) is 0 Å². The predicted octanol–water partition coefficient (Wildman–Crippen LogP) is 0.677. The summed E-state index contributed by atoms with van der Waals surface area (Å²) in [5.74, 6) is 0.652. The van der Waals surface area contributed by atoms with Crippen LogP contribution in [0.3, 0.4) is 0 Å². The van der Waals surface area contributed by atoms with E-state index in [1.165, 1.54) is 0 Å². The molecule has 0 saturated heterocycles. The molecule has 0 aromatic carbocycles. The first-order chi connectivity index (χ1) is 8.29. The van der Waals surface area contributed by atoms with E-state index in [0.29, 0.717) is 6.54 Å². The number of esters is 1. The van der Waals surface area contributed by atoms with Crippen LogP contribution in [0.1, 0.15) is 33.5 Å². The number of aromatic nitrogens is 3. The molecule has 0 bridgehead atoms. The van der Waals surface area contributed by atoms with Gasteiger partial charge in [0.1, 0.15) is 23.8 Å². The molecular weight excluding hydrogens is 232 g/mol. The van der Waals surface area contributed by atoms with E-state index < -0.39 is 5.60 Å². The van der Waals surface area contributed by atoms with E-state index in [1.54, 1.807) is 13.3 Å². The zero-order valence-electron chi connectivity index (χ0n) is 11.7. The van der Waals surface area contributed by atoms with Crippen molar-refractivity contribution in [3.8, 4) is 0 Å². The fraction of sp³-hybridized carbons (Fsp3) is 0.750. The Labute approximate surface area is 108 Å². The lowest BCUT2D eigenvalue weighted by Gasteiger charge is -2.22. The molecule has 6 heteroatoms. The maximum atomic E-state index is 11.7. The second-order valence-electron chi connectivity index (χ2n) is 5.32. The molecule has 1 atom stereocenters. The van der Waals surface area contributed by atoms with Crippen LogP contribution in [0.25, 0.3) is 0 Å². The molecular formula is C12H22N4O2. The molecule has 18 heavy (non-hydrogen) atoms. The Morgan fingerprint density at radius 1 is 1.56 bits per heavy atom. The molecule has 1 aromatic rings. The maximum absolute atomic E-state index is 11.7. The third-order valence-electron chi connectivity index (χ3n) is 2.36. The number of nitrogens with one attached hydrogen (secondary N) is 1. The summed E-state index contributed by atoms with van der Waals surface area (Å²) in [7, 11) is 1.90. The minimum absolute atomic E-state index is 0.236. The summed E-state index contributed by atoms with van der Waals surface area (Å²) in [6.45, 7) is 8.03. The molecule has 0 fully saturated rings. The van der Waals surface area contributed by atoms with Crippen molar-refractivity contribution in [2.75, 3.05) is 6.54 Å². The number of hydrogen-bond donors (Lipinski definition) is 1. The Morgan fingerprint density at radius 2 is 2.22 bits per heavy atom. The van der Waals surface area contributed by atoms with Gasteiger partial charge >= 0.3 is 5.97 Å². The zero-order valence-corrected chi connectivity index (χ0v) is 11.7. The first-order valence-electron chi connectivity index (χ1n) is 6.09. The molecule has 6 nitrogen and oxygen atoms in total. The molecule has 1 heterocycles. The van der Waals surface area contributed by atoms with Crippen LogP contribution in [-0.2, 0) is 23.0 Å². The summed E-state index contributed by atoms with van der Waals surface area (Å²) >= 11 is 0. The summed E-state index contributed by atoms with van der Waals surface area (Å²) < 4.78 is 7.14. The molecule has 1 unspecified atom stereocenters. The molecule has 0 aliphatic heterocycles. The van der Waals surface area contributed by atoms with E-state index in [2.05, 4.69) is 15.5 Å². The summed E-state index contributed by atoms with van der Waals surface area (Å²) in [6, 6.07) is -0.322. The van der Waals surface area contributed by atoms with Gasteiger partial charge in [-0.1, -0.05) is 0 Å². The lowest BCUT2D eigenvalue weighted by Crippen LogP contribution is -2.40. The van der Waals surface area contributed by atoms with Crippen molar-refractivity contribution in [2.24, 2.45) is 7.05 Å². The molecule has 0 amide bonds. The molecule has 0 aliphatic carbocycles. The van der Waals surface area contributed by atoms with Gasteiger partial charge in [-0.15, -0.1) is 10.2 Å².